The summed E-state index contributed by atoms with van der Waals surface area (Å²) in [5.41, 5.74) is 6.15. The standard InChI is InChI=1S/C7H9N3/c1-6(8)10-7-3-2-4-9-5-7/h2-5,10H,1,8H2. The molecule has 52 valence electrons. The van der Waals surface area contributed by atoms with Crippen molar-refractivity contribution in [3.05, 3.63) is 36.9 Å². The van der Waals surface area contributed by atoms with E-state index in [1.54, 1.807) is 12.4 Å². The SMILES string of the molecule is C=C(N)Nc1cccnc1. The summed E-state index contributed by atoms with van der Waals surface area (Å²) >= 11 is 0. The molecule has 0 aromatic carbocycles. The van der Waals surface area contributed by atoms with Crippen molar-refractivity contribution in [1.29, 1.82) is 0 Å². The van der Waals surface area contributed by atoms with Gasteiger partial charge in [-0.2, -0.15) is 0 Å². The average molecular weight is 135 g/mol. The summed E-state index contributed by atoms with van der Waals surface area (Å²) < 4.78 is 0. The molecule has 1 heterocycles. The van der Waals surface area contributed by atoms with Crippen LogP contribution in [-0.2, 0) is 0 Å². The molecule has 0 aliphatic rings. The van der Waals surface area contributed by atoms with Crippen LogP contribution in [0.3, 0.4) is 0 Å². The number of rotatable bonds is 2. The Balaban J connectivity index is 2.67. The molecule has 0 atom stereocenters. The summed E-state index contributed by atoms with van der Waals surface area (Å²) in [5.74, 6) is 0.424. The highest BCUT2D eigenvalue weighted by atomic mass is 15.0. The van der Waals surface area contributed by atoms with E-state index in [-0.39, 0.29) is 0 Å². The maximum absolute atomic E-state index is 5.29. The predicted molar refractivity (Wildman–Crippen MR) is 41.2 cm³/mol. The second-order valence-electron chi connectivity index (χ2n) is 1.89. The van der Waals surface area contributed by atoms with Crippen LogP contribution in [0.15, 0.2) is 36.9 Å². The smallest absolute Gasteiger partial charge is 0.0931 e. The van der Waals surface area contributed by atoms with E-state index in [0.717, 1.165) is 5.69 Å². The van der Waals surface area contributed by atoms with Gasteiger partial charge in [-0.1, -0.05) is 6.58 Å². The number of aromatic nitrogens is 1. The van der Waals surface area contributed by atoms with Gasteiger partial charge in [0.2, 0.25) is 0 Å². The molecule has 1 rings (SSSR count). The predicted octanol–water partition coefficient (Wildman–Crippen LogP) is 0.923. The molecule has 0 bridgehead atoms. The quantitative estimate of drug-likeness (QED) is 0.634. The molecule has 0 amide bonds. The largest absolute Gasteiger partial charge is 0.386 e. The molecule has 0 saturated carbocycles. The number of anilines is 1. The second kappa shape index (κ2) is 2.87. The molecule has 3 N–H and O–H groups in total. The average Bonchev–Trinajstić information content (AvgIpc) is 1.88. The van der Waals surface area contributed by atoms with Crippen LogP contribution in [0, 0.1) is 0 Å². The zero-order chi connectivity index (χ0) is 7.40. The minimum atomic E-state index is 0.424. The summed E-state index contributed by atoms with van der Waals surface area (Å²) in [4.78, 5) is 3.88. The fraction of sp³-hybridized carbons (Fsp3) is 0. The number of hydrogen-bond donors (Lipinski definition) is 2. The van der Waals surface area contributed by atoms with Crippen molar-refractivity contribution < 1.29 is 0 Å². The lowest BCUT2D eigenvalue weighted by atomic mass is 10.4. The van der Waals surface area contributed by atoms with E-state index in [2.05, 4.69) is 16.9 Å². The molecule has 0 fully saturated rings. The van der Waals surface area contributed by atoms with E-state index in [1.807, 2.05) is 12.1 Å². The van der Waals surface area contributed by atoms with Gasteiger partial charge in [0.05, 0.1) is 17.7 Å². The zero-order valence-electron chi connectivity index (χ0n) is 5.54. The summed E-state index contributed by atoms with van der Waals surface area (Å²) in [6, 6.07) is 3.69. The van der Waals surface area contributed by atoms with Gasteiger partial charge in [-0.3, -0.25) is 4.98 Å². The molecule has 1 aromatic rings. The van der Waals surface area contributed by atoms with Gasteiger partial charge in [-0.05, 0) is 12.1 Å². The van der Waals surface area contributed by atoms with Crippen molar-refractivity contribution in [1.82, 2.24) is 4.98 Å². The first kappa shape index (κ1) is 6.61. The zero-order valence-corrected chi connectivity index (χ0v) is 5.54. The summed E-state index contributed by atoms with van der Waals surface area (Å²) in [5, 5.41) is 2.83. The molecule has 3 heteroatoms. The maximum Gasteiger partial charge on any atom is 0.0931 e. The van der Waals surface area contributed by atoms with Crippen molar-refractivity contribution >= 4 is 5.69 Å². The van der Waals surface area contributed by atoms with Crippen LogP contribution >= 0.6 is 0 Å². The Morgan fingerprint density at radius 3 is 3.00 bits per heavy atom. The van der Waals surface area contributed by atoms with Crippen molar-refractivity contribution in [3.63, 3.8) is 0 Å². The van der Waals surface area contributed by atoms with Crippen molar-refractivity contribution in [3.8, 4) is 0 Å². The van der Waals surface area contributed by atoms with E-state index in [0.29, 0.717) is 5.82 Å². The minimum Gasteiger partial charge on any atom is -0.386 e. The highest BCUT2D eigenvalue weighted by Crippen LogP contribution is 2.02. The number of nitrogens with two attached hydrogens (primary N) is 1. The van der Waals surface area contributed by atoms with Crippen LogP contribution in [0.4, 0.5) is 5.69 Å². The van der Waals surface area contributed by atoms with Crippen LogP contribution < -0.4 is 11.1 Å². The molecule has 0 saturated heterocycles. The lowest BCUT2D eigenvalue weighted by Gasteiger charge is -2.01. The van der Waals surface area contributed by atoms with E-state index in [1.165, 1.54) is 0 Å². The Labute approximate surface area is 59.6 Å². The Hall–Kier alpha value is -1.51. The van der Waals surface area contributed by atoms with Crippen LogP contribution in [0.5, 0.6) is 0 Å². The Kier molecular flexibility index (Phi) is 1.89. The van der Waals surface area contributed by atoms with Gasteiger partial charge in [-0.15, -0.1) is 0 Å². The van der Waals surface area contributed by atoms with Crippen molar-refractivity contribution in [2.75, 3.05) is 5.32 Å². The Morgan fingerprint density at radius 2 is 2.50 bits per heavy atom. The number of pyridine rings is 1. The maximum atomic E-state index is 5.29. The Morgan fingerprint density at radius 1 is 1.70 bits per heavy atom. The highest BCUT2D eigenvalue weighted by molar-refractivity contribution is 5.44. The molecule has 0 radical (unpaired) electrons. The fourth-order valence-electron chi connectivity index (χ4n) is 0.622. The fourth-order valence-corrected chi connectivity index (χ4v) is 0.622. The van der Waals surface area contributed by atoms with Crippen molar-refractivity contribution in [2.24, 2.45) is 5.73 Å². The lowest BCUT2D eigenvalue weighted by molar-refractivity contribution is 1.27. The molecule has 0 aliphatic carbocycles. The van der Waals surface area contributed by atoms with E-state index in [4.69, 9.17) is 5.73 Å². The lowest BCUT2D eigenvalue weighted by Crippen LogP contribution is -2.06. The van der Waals surface area contributed by atoms with Crippen LogP contribution in [0.2, 0.25) is 0 Å². The van der Waals surface area contributed by atoms with Gasteiger partial charge in [0, 0.05) is 6.20 Å². The third kappa shape index (κ3) is 1.78. The van der Waals surface area contributed by atoms with Gasteiger partial charge in [0.1, 0.15) is 0 Å². The third-order valence-electron chi connectivity index (χ3n) is 0.966. The van der Waals surface area contributed by atoms with E-state index < -0.39 is 0 Å². The summed E-state index contributed by atoms with van der Waals surface area (Å²) in [7, 11) is 0. The van der Waals surface area contributed by atoms with Crippen LogP contribution in [0.1, 0.15) is 0 Å². The molecular formula is C7H9N3. The normalized spacial score (nSPS) is 8.80. The van der Waals surface area contributed by atoms with Crippen molar-refractivity contribution in [2.45, 2.75) is 0 Å². The number of nitrogens with zero attached hydrogens (tertiary/aromatic N) is 1. The number of nitrogens with one attached hydrogen (secondary N) is 1. The third-order valence-corrected chi connectivity index (χ3v) is 0.966. The van der Waals surface area contributed by atoms with Gasteiger partial charge in [0.25, 0.3) is 0 Å². The topological polar surface area (TPSA) is 50.9 Å². The molecule has 1 aromatic heterocycles. The van der Waals surface area contributed by atoms with Gasteiger partial charge in [-0.25, -0.2) is 0 Å². The monoisotopic (exact) mass is 135 g/mol. The second-order valence-corrected chi connectivity index (χ2v) is 1.89. The van der Waals surface area contributed by atoms with Gasteiger partial charge < -0.3 is 11.1 Å². The summed E-state index contributed by atoms with van der Waals surface area (Å²) in [6.45, 7) is 3.49. The molecule has 0 spiro atoms. The molecule has 0 unspecified atom stereocenters. The molecular weight excluding hydrogens is 126 g/mol. The van der Waals surface area contributed by atoms with Gasteiger partial charge >= 0.3 is 0 Å². The first-order valence-corrected chi connectivity index (χ1v) is 2.90. The first-order valence-electron chi connectivity index (χ1n) is 2.90. The van der Waals surface area contributed by atoms with Crippen LogP contribution in [-0.4, -0.2) is 4.98 Å². The molecule has 10 heavy (non-hydrogen) atoms. The highest BCUT2D eigenvalue weighted by Gasteiger charge is 1.86. The van der Waals surface area contributed by atoms with E-state index in [9.17, 15) is 0 Å². The Bertz CT molecular complexity index is 218. The summed E-state index contributed by atoms with van der Waals surface area (Å²) in [6.07, 6.45) is 3.38. The minimum absolute atomic E-state index is 0.424. The molecule has 3 nitrogen and oxygen atoms in total. The van der Waals surface area contributed by atoms with Gasteiger partial charge in [0.15, 0.2) is 0 Å². The van der Waals surface area contributed by atoms with Crippen LogP contribution in [0.25, 0.3) is 0 Å². The number of hydrogen-bond acceptors (Lipinski definition) is 3. The first-order chi connectivity index (χ1) is 4.79. The van der Waals surface area contributed by atoms with E-state index >= 15 is 0 Å². The molecule has 0 aliphatic heterocycles.